The molecule has 5 aromatic carbocycles. The van der Waals surface area contributed by atoms with Crippen molar-refractivity contribution in [2.24, 2.45) is 0 Å². The van der Waals surface area contributed by atoms with Crippen LogP contribution in [-0.2, 0) is 27.8 Å². The number of hydrogen-bond acceptors (Lipinski definition) is 12. The molecule has 238 valence electrons. The molecule has 0 bridgehead atoms. The minimum atomic E-state index is -4.00. The van der Waals surface area contributed by atoms with E-state index < -0.39 is 15.2 Å². The zero-order valence-corrected chi connectivity index (χ0v) is 26.0. The minimum Gasteiger partial charge on any atom is -0.374 e. The molecule has 0 atom stereocenters. The molecule has 5 rings (SSSR count). The van der Waals surface area contributed by atoms with Gasteiger partial charge in [-0.05, 0) is 72.8 Å². The largest absolute Gasteiger partial charge is 0.423 e. The molecule has 0 heterocycles. The summed E-state index contributed by atoms with van der Waals surface area (Å²) in [5, 5.41) is 5.98. The second-order valence-corrected chi connectivity index (χ2v) is 13.0. The lowest BCUT2D eigenvalue weighted by atomic mass is 10.3. The highest BCUT2D eigenvalue weighted by Crippen LogP contribution is 2.49. The van der Waals surface area contributed by atoms with Crippen molar-refractivity contribution in [2.75, 3.05) is 23.2 Å². The molecule has 0 spiro atoms. The van der Waals surface area contributed by atoms with Crippen LogP contribution in [0.2, 0.25) is 0 Å². The first kappa shape index (κ1) is 32.6. The number of nitrogens with one attached hydrogen (secondary N) is 2. The zero-order valence-electron chi connectivity index (χ0n) is 24.2. The molecule has 0 aromatic heterocycles. The van der Waals surface area contributed by atoms with Gasteiger partial charge in [-0.25, -0.2) is 0 Å². The standard InChI is InChI=1S/C32H30N2O10P2/c35-45(41-37-29-13-5-1-6-14-29,42-38-30-15-7-2-8-16-30)25-33-27-21-23-28(24-22-27)34-26-46(36,43-39-31-17-9-3-10-18-31)44-40-32-19-11-4-12-20-32/h1-24,33-34H,25-26H2. The first-order chi connectivity index (χ1) is 22.5. The summed E-state index contributed by atoms with van der Waals surface area (Å²) in [4.78, 5) is 21.0. The number of rotatable bonds is 18. The predicted molar refractivity (Wildman–Crippen MR) is 171 cm³/mol. The average molecular weight is 665 g/mol. The maximum atomic E-state index is 13.5. The van der Waals surface area contributed by atoms with E-state index in [0.717, 1.165) is 0 Å². The van der Waals surface area contributed by atoms with Gasteiger partial charge in [0.05, 0.1) is 0 Å². The smallest absolute Gasteiger partial charge is 0.374 e. The van der Waals surface area contributed by atoms with Gasteiger partial charge in [0.15, 0.2) is 23.0 Å². The molecule has 2 N–H and O–H groups in total. The second kappa shape index (κ2) is 16.5. The average Bonchev–Trinajstić information content (AvgIpc) is 3.12. The lowest BCUT2D eigenvalue weighted by Gasteiger charge is -2.18. The van der Waals surface area contributed by atoms with Gasteiger partial charge < -0.3 is 30.2 Å². The van der Waals surface area contributed by atoms with Crippen molar-refractivity contribution in [2.45, 2.75) is 0 Å². The van der Waals surface area contributed by atoms with Crippen molar-refractivity contribution in [3.05, 3.63) is 146 Å². The van der Waals surface area contributed by atoms with Crippen LogP contribution in [0.5, 0.6) is 23.0 Å². The van der Waals surface area contributed by atoms with Crippen molar-refractivity contribution in [1.29, 1.82) is 0 Å². The predicted octanol–water partition coefficient (Wildman–Crippen LogP) is 8.85. The molecule has 0 aliphatic heterocycles. The third kappa shape index (κ3) is 10.7. The summed E-state index contributed by atoms with van der Waals surface area (Å²) >= 11 is 0. The Balaban J connectivity index is 1.18. The van der Waals surface area contributed by atoms with Gasteiger partial charge in [-0.15, -0.1) is 0 Å². The van der Waals surface area contributed by atoms with E-state index in [0.29, 0.717) is 34.4 Å². The van der Waals surface area contributed by atoms with Gasteiger partial charge in [0.2, 0.25) is 0 Å². The third-order valence-corrected chi connectivity index (χ3v) is 8.10. The van der Waals surface area contributed by atoms with E-state index in [4.69, 9.17) is 38.2 Å². The van der Waals surface area contributed by atoms with Crippen LogP contribution in [-0.4, -0.2) is 12.6 Å². The Bertz CT molecular complexity index is 1480. The van der Waals surface area contributed by atoms with Gasteiger partial charge in [-0.3, -0.25) is 9.13 Å². The summed E-state index contributed by atoms with van der Waals surface area (Å²) in [5.41, 5.74) is 1.13. The molecule has 46 heavy (non-hydrogen) atoms. The summed E-state index contributed by atoms with van der Waals surface area (Å²) in [5.74, 6) is 1.31. The Kier molecular flexibility index (Phi) is 11.7. The van der Waals surface area contributed by atoms with Gasteiger partial charge in [0.1, 0.15) is 12.6 Å². The number of hydrogen-bond donors (Lipinski definition) is 2. The van der Waals surface area contributed by atoms with Crippen LogP contribution in [0.4, 0.5) is 11.4 Å². The molecule has 14 heteroatoms. The molecule has 12 nitrogen and oxygen atoms in total. The SMILES string of the molecule is O=P(CNc1ccc(NCP(=O)(OOc2ccccc2)OOc2ccccc2)cc1)(OOc1ccccc1)OOc1ccccc1. The first-order valence-corrected chi connectivity index (χ1v) is 17.3. The molecule has 0 aliphatic carbocycles. The zero-order chi connectivity index (χ0) is 31.9. The van der Waals surface area contributed by atoms with Crippen LogP contribution >= 0.6 is 15.2 Å². The van der Waals surface area contributed by atoms with E-state index in [1.807, 2.05) is 0 Å². The van der Waals surface area contributed by atoms with Gasteiger partial charge in [0.25, 0.3) is 0 Å². The minimum absolute atomic E-state index is 0.302. The molecule has 0 saturated carbocycles. The lowest BCUT2D eigenvalue weighted by molar-refractivity contribution is -0.170. The lowest BCUT2D eigenvalue weighted by Crippen LogP contribution is -2.12. The molecule has 0 aliphatic rings. The molecule has 0 amide bonds. The van der Waals surface area contributed by atoms with Gasteiger partial charge in [0, 0.05) is 11.4 Å². The first-order valence-electron chi connectivity index (χ1n) is 13.9. The van der Waals surface area contributed by atoms with Crippen LogP contribution in [0.15, 0.2) is 146 Å². The number of anilines is 2. The molecule has 0 radical (unpaired) electrons. The number of benzene rings is 5. The van der Waals surface area contributed by atoms with Crippen molar-refractivity contribution >= 4 is 26.6 Å². The fourth-order valence-electron chi connectivity index (χ4n) is 3.52. The molecule has 0 unspecified atom stereocenters. The van der Waals surface area contributed by atoms with E-state index in [9.17, 15) is 9.13 Å². The molecule has 0 fully saturated rings. The summed E-state index contributed by atoms with van der Waals surface area (Å²) in [6, 6.07) is 41.0. The van der Waals surface area contributed by atoms with E-state index in [1.165, 1.54) is 0 Å². The Hall–Kier alpha value is -4.80. The Morgan fingerprint density at radius 3 is 0.848 bits per heavy atom. The molecule has 0 saturated heterocycles. The van der Waals surface area contributed by atoms with Crippen molar-refractivity contribution in [1.82, 2.24) is 0 Å². The highest BCUT2D eigenvalue weighted by atomic mass is 31.2. The van der Waals surface area contributed by atoms with E-state index >= 15 is 0 Å². The van der Waals surface area contributed by atoms with E-state index in [-0.39, 0.29) is 12.6 Å². The van der Waals surface area contributed by atoms with Crippen LogP contribution in [0.1, 0.15) is 0 Å². The van der Waals surface area contributed by atoms with Gasteiger partial charge >= 0.3 is 15.2 Å². The molecule has 5 aromatic rings. The van der Waals surface area contributed by atoms with Crippen molar-refractivity contribution in [3.63, 3.8) is 0 Å². The summed E-state index contributed by atoms with van der Waals surface area (Å²) in [7, 11) is -8.00. The molecular weight excluding hydrogens is 634 g/mol. The monoisotopic (exact) mass is 664 g/mol. The third-order valence-electron chi connectivity index (χ3n) is 5.80. The summed E-state index contributed by atoms with van der Waals surface area (Å²) in [6.07, 6.45) is -0.603. The van der Waals surface area contributed by atoms with Gasteiger partial charge in [-0.1, -0.05) is 91.5 Å². The Morgan fingerprint density at radius 1 is 0.370 bits per heavy atom. The maximum Gasteiger partial charge on any atom is 0.423 e. The van der Waals surface area contributed by atoms with Gasteiger partial charge in [-0.2, -0.15) is 0 Å². The quantitative estimate of drug-likeness (QED) is 0.0527. The van der Waals surface area contributed by atoms with Crippen LogP contribution < -0.4 is 30.2 Å². The van der Waals surface area contributed by atoms with Crippen LogP contribution in [0, 0.1) is 0 Å². The van der Waals surface area contributed by atoms with E-state index in [2.05, 4.69) is 10.6 Å². The Morgan fingerprint density at radius 2 is 0.609 bits per heavy atom. The van der Waals surface area contributed by atoms with Crippen molar-refractivity contribution < 1.29 is 47.4 Å². The maximum absolute atomic E-state index is 13.5. The topological polar surface area (TPSA) is 132 Å². The van der Waals surface area contributed by atoms with Crippen LogP contribution in [0.3, 0.4) is 0 Å². The summed E-state index contributed by atoms with van der Waals surface area (Å²) < 4.78 is 47.9. The van der Waals surface area contributed by atoms with Crippen LogP contribution in [0.25, 0.3) is 0 Å². The number of para-hydroxylation sites is 4. The highest BCUT2D eigenvalue weighted by molar-refractivity contribution is 7.54. The Labute approximate surface area is 265 Å². The molecular formula is C32H30N2O10P2. The van der Waals surface area contributed by atoms with Crippen molar-refractivity contribution in [3.8, 4) is 23.0 Å². The fourth-order valence-corrected chi connectivity index (χ4v) is 5.33. The fraction of sp³-hybridized carbons (Fsp3) is 0.0625. The summed E-state index contributed by atoms with van der Waals surface area (Å²) in [6.45, 7) is 0. The second-order valence-electron chi connectivity index (χ2n) is 9.35. The normalized spacial score (nSPS) is 11.3. The highest BCUT2D eigenvalue weighted by Gasteiger charge is 2.31. The van der Waals surface area contributed by atoms with E-state index in [1.54, 1.807) is 146 Å².